The van der Waals surface area contributed by atoms with Gasteiger partial charge < -0.3 is 20.1 Å². The number of ether oxygens (including phenoxy) is 2. The summed E-state index contributed by atoms with van der Waals surface area (Å²) in [6.07, 6.45) is 3.31. The average molecular weight is 425 g/mol. The van der Waals surface area contributed by atoms with Crippen molar-refractivity contribution in [3.05, 3.63) is 34.9 Å². The van der Waals surface area contributed by atoms with Gasteiger partial charge in [0.05, 0.1) is 12.1 Å². The number of guanidine groups is 1. The molecule has 0 aliphatic carbocycles. The maximum Gasteiger partial charge on any atom is 0.191 e. The van der Waals surface area contributed by atoms with Gasteiger partial charge in [0.2, 0.25) is 0 Å². The zero-order chi connectivity index (χ0) is 20.9. The normalized spacial score (nSPS) is 16.8. The van der Waals surface area contributed by atoms with E-state index in [4.69, 9.17) is 21.1 Å². The van der Waals surface area contributed by atoms with Gasteiger partial charge in [-0.3, -0.25) is 9.89 Å². The summed E-state index contributed by atoms with van der Waals surface area (Å²) in [6, 6.07) is 8.27. The van der Waals surface area contributed by atoms with Crippen LogP contribution in [0.25, 0.3) is 0 Å². The molecule has 0 bridgehead atoms. The van der Waals surface area contributed by atoms with Gasteiger partial charge in [-0.25, -0.2) is 0 Å². The third-order valence-electron chi connectivity index (χ3n) is 5.34. The van der Waals surface area contributed by atoms with Crippen molar-refractivity contribution in [3.63, 3.8) is 0 Å². The van der Waals surface area contributed by atoms with E-state index in [-0.39, 0.29) is 6.04 Å². The molecule has 164 valence electrons. The van der Waals surface area contributed by atoms with Gasteiger partial charge in [0, 0.05) is 45.0 Å². The number of nitrogens with zero attached hydrogens (tertiary/aromatic N) is 2. The lowest BCUT2D eigenvalue weighted by atomic mass is 10.0. The summed E-state index contributed by atoms with van der Waals surface area (Å²) in [5.74, 6) is 0.806. The molecule has 1 saturated heterocycles. The minimum absolute atomic E-state index is 0.189. The first-order valence-corrected chi connectivity index (χ1v) is 11.2. The Labute approximate surface area is 181 Å². The lowest BCUT2D eigenvalue weighted by Gasteiger charge is -2.31. The first-order valence-electron chi connectivity index (χ1n) is 10.8. The van der Waals surface area contributed by atoms with Crippen molar-refractivity contribution in [2.24, 2.45) is 4.99 Å². The van der Waals surface area contributed by atoms with Gasteiger partial charge in [-0.2, -0.15) is 0 Å². The molecule has 1 aromatic carbocycles. The van der Waals surface area contributed by atoms with Crippen LogP contribution in [-0.2, 0) is 9.47 Å². The molecule has 1 unspecified atom stereocenters. The summed E-state index contributed by atoms with van der Waals surface area (Å²) in [5.41, 5.74) is 1.14. The molecule has 1 aliphatic rings. The molecule has 0 spiro atoms. The van der Waals surface area contributed by atoms with Crippen LogP contribution in [0.3, 0.4) is 0 Å². The molecular formula is C22H37ClN4O2. The van der Waals surface area contributed by atoms with Crippen LogP contribution in [0.1, 0.15) is 44.7 Å². The van der Waals surface area contributed by atoms with Crippen LogP contribution in [0.2, 0.25) is 5.02 Å². The molecule has 1 heterocycles. The van der Waals surface area contributed by atoms with Gasteiger partial charge in [-0.15, -0.1) is 0 Å². The number of hydrogen-bond donors (Lipinski definition) is 2. The molecule has 7 heteroatoms. The van der Waals surface area contributed by atoms with Crippen molar-refractivity contribution in [1.82, 2.24) is 15.5 Å². The largest absolute Gasteiger partial charge is 0.381 e. The lowest BCUT2D eigenvalue weighted by Crippen LogP contribution is -2.43. The molecule has 0 radical (unpaired) electrons. The van der Waals surface area contributed by atoms with E-state index < -0.39 is 0 Å². The van der Waals surface area contributed by atoms with Crippen molar-refractivity contribution in [2.45, 2.75) is 45.3 Å². The van der Waals surface area contributed by atoms with Gasteiger partial charge in [-0.1, -0.05) is 43.6 Å². The van der Waals surface area contributed by atoms with Gasteiger partial charge in [0.1, 0.15) is 0 Å². The number of nitrogens with one attached hydrogen (secondary N) is 2. The van der Waals surface area contributed by atoms with E-state index in [1.165, 1.54) is 0 Å². The second kappa shape index (κ2) is 13.8. The fraction of sp³-hybridized carbons (Fsp3) is 0.682. The third-order valence-corrected chi connectivity index (χ3v) is 5.68. The number of likely N-dealkylation sites (N-methyl/N-ethyl adjacent to an activating group) is 1. The summed E-state index contributed by atoms with van der Waals surface area (Å²) < 4.78 is 11.3. The number of hydrogen-bond acceptors (Lipinski definition) is 4. The second-order valence-electron chi connectivity index (χ2n) is 7.17. The molecule has 1 fully saturated rings. The Morgan fingerprint density at radius 2 is 1.97 bits per heavy atom. The molecule has 2 N–H and O–H groups in total. The topological polar surface area (TPSA) is 58.1 Å². The van der Waals surface area contributed by atoms with Gasteiger partial charge >= 0.3 is 0 Å². The van der Waals surface area contributed by atoms with Crippen LogP contribution in [0, 0.1) is 0 Å². The van der Waals surface area contributed by atoms with Crippen LogP contribution in [0.4, 0.5) is 0 Å². The van der Waals surface area contributed by atoms with E-state index in [0.717, 1.165) is 81.8 Å². The molecule has 0 saturated carbocycles. The molecule has 1 atom stereocenters. The molecule has 6 nitrogen and oxygen atoms in total. The summed E-state index contributed by atoms with van der Waals surface area (Å²) in [7, 11) is 1.80. The van der Waals surface area contributed by atoms with Crippen LogP contribution in [0.15, 0.2) is 29.3 Å². The predicted octanol–water partition coefficient (Wildman–Crippen LogP) is 3.47. The maximum absolute atomic E-state index is 6.49. The Morgan fingerprint density at radius 1 is 1.24 bits per heavy atom. The fourth-order valence-corrected chi connectivity index (χ4v) is 3.89. The van der Waals surface area contributed by atoms with E-state index in [1.807, 2.05) is 18.2 Å². The van der Waals surface area contributed by atoms with Crippen LogP contribution in [-0.4, -0.2) is 70.0 Å². The lowest BCUT2D eigenvalue weighted by molar-refractivity contribution is -0.0320. The van der Waals surface area contributed by atoms with Gasteiger partial charge in [0.25, 0.3) is 0 Å². The zero-order valence-electron chi connectivity index (χ0n) is 18.1. The van der Waals surface area contributed by atoms with Gasteiger partial charge in [0.15, 0.2) is 5.96 Å². The summed E-state index contributed by atoms with van der Waals surface area (Å²) in [4.78, 5) is 6.77. The first-order chi connectivity index (χ1) is 14.2. The molecule has 0 aromatic heterocycles. The highest BCUT2D eigenvalue weighted by Gasteiger charge is 2.20. The second-order valence-corrected chi connectivity index (χ2v) is 7.58. The maximum atomic E-state index is 6.49. The highest BCUT2D eigenvalue weighted by Crippen LogP contribution is 2.26. The van der Waals surface area contributed by atoms with Crippen molar-refractivity contribution >= 4 is 17.6 Å². The number of benzene rings is 1. The van der Waals surface area contributed by atoms with Crippen molar-refractivity contribution < 1.29 is 9.47 Å². The van der Waals surface area contributed by atoms with E-state index in [2.05, 4.69) is 40.4 Å². The smallest absolute Gasteiger partial charge is 0.191 e. The Balaban J connectivity index is 1.79. The predicted molar refractivity (Wildman–Crippen MR) is 121 cm³/mol. The highest BCUT2D eigenvalue weighted by atomic mass is 35.5. The molecule has 1 aliphatic heterocycles. The number of rotatable bonds is 11. The molecule has 2 rings (SSSR count). The third kappa shape index (κ3) is 8.13. The Kier molecular flexibility index (Phi) is 11.4. The molecule has 0 amide bonds. The van der Waals surface area contributed by atoms with Crippen LogP contribution < -0.4 is 10.6 Å². The first kappa shape index (κ1) is 23.9. The number of halogens is 1. The van der Waals surface area contributed by atoms with Crippen LogP contribution in [0.5, 0.6) is 0 Å². The monoisotopic (exact) mass is 424 g/mol. The van der Waals surface area contributed by atoms with Crippen molar-refractivity contribution in [2.75, 3.05) is 53.0 Å². The number of aliphatic imine (C=N–C) groups is 1. The zero-order valence-corrected chi connectivity index (χ0v) is 18.9. The van der Waals surface area contributed by atoms with E-state index in [0.29, 0.717) is 6.10 Å². The Hall–Kier alpha value is -1.34. The van der Waals surface area contributed by atoms with Gasteiger partial charge in [-0.05, 0) is 44.0 Å². The molecule has 29 heavy (non-hydrogen) atoms. The van der Waals surface area contributed by atoms with Crippen molar-refractivity contribution in [3.8, 4) is 0 Å². The summed E-state index contributed by atoms with van der Waals surface area (Å²) in [5, 5.41) is 7.66. The van der Waals surface area contributed by atoms with E-state index in [1.54, 1.807) is 7.05 Å². The Bertz CT molecular complexity index is 604. The quantitative estimate of drug-likeness (QED) is 0.323. The summed E-state index contributed by atoms with van der Waals surface area (Å²) >= 11 is 6.49. The van der Waals surface area contributed by atoms with Crippen LogP contribution >= 0.6 is 11.6 Å². The fourth-order valence-electron chi connectivity index (χ4n) is 3.63. The van der Waals surface area contributed by atoms with E-state index in [9.17, 15) is 0 Å². The standard InChI is InChI=1S/C22H37ClN4O2/c1-4-27(5-2)21(19-9-6-7-10-20(19)23)17-26-22(24-3)25-13-8-14-29-18-11-15-28-16-12-18/h6-7,9-10,18,21H,4-5,8,11-17H2,1-3H3,(H2,24,25,26). The van der Waals surface area contributed by atoms with E-state index >= 15 is 0 Å². The highest BCUT2D eigenvalue weighted by molar-refractivity contribution is 6.31. The minimum atomic E-state index is 0.189. The average Bonchev–Trinajstić information content (AvgIpc) is 2.76. The Morgan fingerprint density at radius 3 is 2.62 bits per heavy atom. The minimum Gasteiger partial charge on any atom is -0.381 e. The molecule has 1 aromatic rings. The summed E-state index contributed by atoms with van der Waals surface area (Å²) in [6.45, 7) is 10.2. The van der Waals surface area contributed by atoms with Crippen molar-refractivity contribution in [1.29, 1.82) is 0 Å². The SMILES string of the molecule is CCN(CC)C(CNC(=NC)NCCCOC1CCOCC1)c1ccccc1Cl. The molecular weight excluding hydrogens is 388 g/mol.